The summed E-state index contributed by atoms with van der Waals surface area (Å²) in [6.07, 6.45) is 1.25. The molecule has 0 aromatic heterocycles. The highest BCUT2D eigenvalue weighted by atomic mass is 16.5. The van der Waals surface area contributed by atoms with Crippen molar-refractivity contribution in [3.05, 3.63) is 65.7 Å². The molecule has 5 heteroatoms. The minimum atomic E-state index is -0.476. The summed E-state index contributed by atoms with van der Waals surface area (Å²) < 4.78 is 5.26. The molecule has 0 radical (unpaired) electrons. The molecule has 1 fully saturated rings. The Hall–Kier alpha value is -2.53. The van der Waals surface area contributed by atoms with Gasteiger partial charge >= 0.3 is 0 Å². The van der Waals surface area contributed by atoms with Crippen LogP contribution < -0.4 is 10.1 Å². The zero-order chi connectivity index (χ0) is 19.8. The quantitative estimate of drug-likeness (QED) is 0.572. The van der Waals surface area contributed by atoms with Crippen molar-refractivity contribution in [1.29, 1.82) is 0 Å². The van der Waals surface area contributed by atoms with E-state index in [1.807, 2.05) is 42.5 Å². The van der Waals surface area contributed by atoms with Gasteiger partial charge in [-0.1, -0.05) is 42.5 Å². The summed E-state index contributed by atoms with van der Waals surface area (Å²) in [4.78, 5) is 7.01. The number of nitrogens with one attached hydrogen (secondary N) is 1. The second-order valence-electron chi connectivity index (χ2n) is 7.24. The Balaban J connectivity index is 1.59. The maximum absolute atomic E-state index is 10.4. The zero-order valence-corrected chi connectivity index (χ0v) is 16.8. The van der Waals surface area contributed by atoms with Gasteiger partial charge in [-0.15, -0.1) is 0 Å². The fraction of sp³-hybridized carbons (Fsp3) is 0.435. The number of rotatable bonds is 7. The van der Waals surface area contributed by atoms with Gasteiger partial charge in [0, 0.05) is 32.0 Å². The summed E-state index contributed by atoms with van der Waals surface area (Å²) in [5.41, 5.74) is 2.47. The van der Waals surface area contributed by atoms with Crippen LogP contribution in [0.3, 0.4) is 0 Å². The van der Waals surface area contributed by atoms with Crippen LogP contribution in [0, 0.1) is 0 Å². The number of aliphatic hydroxyl groups is 1. The Morgan fingerprint density at radius 3 is 2.64 bits per heavy atom. The van der Waals surface area contributed by atoms with E-state index in [1.165, 1.54) is 5.56 Å². The monoisotopic (exact) mass is 381 g/mol. The van der Waals surface area contributed by atoms with Crippen LogP contribution in [0.5, 0.6) is 5.75 Å². The van der Waals surface area contributed by atoms with Gasteiger partial charge in [0.05, 0.1) is 19.8 Å². The maximum atomic E-state index is 10.4. The van der Waals surface area contributed by atoms with Gasteiger partial charge in [0.25, 0.3) is 0 Å². The number of benzene rings is 2. The molecule has 3 rings (SSSR count). The molecule has 0 saturated carbocycles. The van der Waals surface area contributed by atoms with Gasteiger partial charge in [0.1, 0.15) is 5.75 Å². The number of ether oxygens (including phenoxy) is 1. The number of nitrogens with zero attached hydrogens (tertiary/aromatic N) is 2. The van der Waals surface area contributed by atoms with E-state index in [0.717, 1.165) is 43.3 Å². The summed E-state index contributed by atoms with van der Waals surface area (Å²) in [7, 11) is 1.69. The van der Waals surface area contributed by atoms with Gasteiger partial charge in [-0.2, -0.15) is 0 Å². The van der Waals surface area contributed by atoms with E-state index < -0.39 is 6.10 Å². The van der Waals surface area contributed by atoms with Crippen molar-refractivity contribution in [2.75, 3.05) is 33.3 Å². The molecule has 5 nitrogen and oxygen atoms in total. The average molecular weight is 382 g/mol. The number of hydrogen-bond acceptors (Lipinski definition) is 3. The summed E-state index contributed by atoms with van der Waals surface area (Å²) in [5.74, 6) is 2.27. The fourth-order valence-corrected chi connectivity index (χ4v) is 3.67. The molecule has 1 aliphatic heterocycles. The van der Waals surface area contributed by atoms with Crippen molar-refractivity contribution in [1.82, 2.24) is 10.2 Å². The molecule has 0 bridgehead atoms. The predicted molar refractivity (Wildman–Crippen MR) is 114 cm³/mol. The standard InChI is InChI=1S/C23H31N3O2/c1-3-24-23(25-16-21(27)15-18-7-5-4-6-8-18)26-14-13-20(17-26)19-9-11-22(28-2)12-10-19/h4-12,20-21,27H,3,13-17H2,1-2H3,(H,24,25). The molecule has 2 aromatic rings. The topological polar surface area (TPSA) is 57.1 Å². The van der Waals surface area contributed by atoms with Crippen molar-refractivity contribution >= 4 is 5.96 Å². The second kappa shape index (κ2) is 10.1. The van der Waals surface area contributed by atoms with Crippen molar-refractivity contribution in [2.24, 2.45) is 4.99 Å². The molecular weight excluding hydrogens is 350 g/mol. The summed E-state index contributed by atoms with van der Waals surface area (Å²) >= 11 is 0. The van der Waals surface area contributed by atoms with E-state index in [2.05, 4.69) is 29.3 Å². The molecule has 150 valence electrons. The van der Waals surface area contributed by atoms with Crippen LogP contribution in [0.25, 0.3) is 0 Å². The Labute approximate surface area is 168 Å². The molecule has 1 saturated heterocycles. The maximum Gasteiger partial charge on any atom is 0.194 e. The van der Waals surface area contributed by atoms with E-state index in [0.29, 0.717) is 18.9 Å². The molecule has 0 spiro atoms. The Morgan fingerprint density at radius 2 is 1.96 bits per heavy atom. The molecular formula is C23H31N3O2. The molecule has 28 heavy (non-hydrogen) atoms. The van der Waals surface area contributed by atoms with Gasteiger partial charge < -0.3 is 20.1 Å². The molecule has 2 unspecified atom stereocenters. The first-order valence-electron chi connectivity index (χ1n) is 10.1. The van der Waals surface area contributed by atoms with Crippen molar-refractivity contribution in [2.45, 2.75) is 31.8 Å². The lowest BCUT2D eigenvalue weighted by molar-refractivity contribution is 0.183. The Morgan fingerprint density at radius 1 is 1.21 bits per heavy atom. The van der Waals surface area contributed by atoms with Gasteiger partial charge in [-0.25, -0.2) is 0 Å². The largest absolute Gasteiger partial charge is 0.497 e. The number of aliphatic imine (C=N–C) groups is 1. The van der Waals surface area contributed by atoms with Crippen molar-refractivity contribution in [3.63, 3.8) is 0 Å². The normalized spacial score (nSPS) is 18.2. The third-order valence-corrected chi connectivity index (χ3v) is 5.18. The van der Waals surface area contributed by atoms with Gasteiger partial charge in [-0.05, 0) is 36.6 Å². The molecule has 2 N–H and O–H groups in total. The number of methoxy groups -OCH3 is 1. The summed E-state index contributed by atoms with van der Waals surface area (Å²) in [6.45, 7) is 5.20. The molecule has 2 atom stereocenters. The van der Waals surface area contributed by atoms with Crippen LogP contribution >= 0.6 is 0 Å². The number of hydrogen-bond donors (Lipinski definition) is 2. The lowest BCUT2D eigenvalue weighted by Gasteiger charge is -2.22. The highest BCUT2D eigenvalue weighted by Crippen LogP contribution is 2.28. The van der Waals surface area contributed by atoms with Crippen molar-refractivity contribution in [3.8, 4) is 5.75 Å². The Bertz CT molecular complexity index is 746. The minimum Gasteiger partial charge on any atom is -0.497 e. The predicted octanol–water partition coefficient (Wildman–Crippen LogP) is 3.05. The first-order valence-corrected chi connectivity index (χ1v) is 10.1. The SMILES string of the molecule is CCNC(=NCC(O)Cc1ccccc1)N1CCC(c2ccc(OC)cc2)C1. The molecule has 0 aliphatic carbocycles. The highest BCUT2D eigenvalue weighted by molar-refractivity contribution is 5.80. The van der Waals surface area contributed by atoms with E-state index in [4.69, 9.17) is 9.73 Å². The van der Waals surface area contributed by atoms with Crippen molar-refractivity contribution < 1.29 is 9.84 Å². The van der Waals surface area contributed by atoms with Crippen LogP contribution in [-0.2, 0) is 6.42 Å². The van der Waals surface area contributed by atoms with E-state index >= 15 is 0 Å². The van der Waals surface area contributed by atoms with E-state index in [9.17, 15) is 5.11 Å². The second-order valence-corrected chi connectivity index (χ2v) is 7.24. The highest BCUT2D eigenvalue weighted by Gasteiger charge is 2.26. The molecule has 2 aromatic carbocycles. The van der Waals surface area contributed by atoms with Crippen LogP contribution in [0.2, 0.25) is 0 Å². The minimum absolute atomic E-state index is 0.404. The Kier molecular flexibility index (Phi) is 7.31. The van der Waals surface area contributed by atoms with Gasteiger partial charge in [0.2, 0.25) is 0 Å². The van der Waals surface area contributed by atoms with Crippen LogP contribution in [0.4, 0.5) is 0 Å². The smallest absolute Gasteiger partial charge is 0.194 e. The number of likely N-dealkylation sites (tertiary alicyclic amines) is 1. The average Bonchev–Trinajstić information content (AvgIpc) is 3.22. The first-order chi connectivity index (χ1) is 13.7. The lowest BCUT2D eigenvalue weighted by atomic mass is 9.98. The first kappa shape index (κ1) is 20.2. The van der Waals surface area contributed by atoms with E-state index in [-0.39, 0.29) is 0 Å². The van der Waals surface area contributed by atoms with Crippen LogP contribution in [0.1, 0.15) is 30.4 Å². The summed E-state index contributed by atoms with van der Waals surface area (Å²) in [5, 5.41) is 13.8. The van der Waals surface area contributed by atoms with Gasteiger partial charge in [-0.3, -0.25) is 4.99 Å². The van der Waals surface area contributed by atoms with Crippen LogP contribution in [-0.4, -0.2) is 55.4 Å². The molecule has 0 amide bonds. The number of guanidine groups is 1. The lowest BCUT2D eigenvalue weighted by Crippen LogP contribution is -2.40. The fourth-order valence-electron chi connectivity index (χ4n) is 3.67. The third kappa shape index (κ3) is 5.49. The molecule has 1 heterocycles. The van der Waals surface area contributed by atoms with E-state index in [1.54, 1.807) is 7.11 Å². The summed E-state index contributed by atoms with van der Waals surface area (Å²) in [6, 6.07) is 18.4. The van der Waals surface area contributed by atoms with Gasteiger partial charge in [0.15, 0.2) is 5.96 Å². The number of aliphatic hydroxyl groups excluding tert-OH is 1. The third-order valence-electron chi connectivity index (χ3n) is 5.18. The molecule has 1 aliphatic rings. The van der Waals surface area contributed by atoms with Crippen LogP contribution in [0.15, 0.2) is 59.6 Å². The zero-order valence-electron chi connectivity index (χ0n) is 16.8.